The van der Waals surface area contributed by atoms with Crippen LogP contribution in [0.2, 0.25) is 5.02 Å². The number of anilines is 1. The molecule has 0 fully saturated rings. The van der Waals surface area contributed by atoms with Gasteiger partial charge in [0.15, 0.2) is 11.5 Å². The highest BCUT2D eigenvalue weighted by Crippen LogP contribution is 2.43. The van der Waals surface area contributed by atoms with E-state index in [4.69, 9.17) is 20.8 Å². The van der Waals surface area contributed by atoms with Crippen LogP contribution in [0.3, 0.4) is 0 Å². The Kier molecular flexibility index (Phi) is 5.34. The summed E-state index contributed by atoms with van der Waals surface area (Å²) in [4.78, 5) is 28.0. The average molecular weight is 478 g/mol. The van der Waals surface area contributed by atoms with Crippen molar-refractivity contribution in [3.8, 4) is 5.75 Å². The number of ether oxygens (including phenoxy) is 1. The number of benzene rings is 3. The first-order valence-electron chi connectivity index (χ1n) is 10.3. The molecule has 4 aromatic rings. The van der Waals surface area contributed by atoms with E-state index in [1.807, 2.05) is 0 Å². The number of para-hydroxylation sites is 1. The highest BCUT2D eigenvalue weighted by molar-refractivity contribution is 6.31. The van der Waals surface area contributed by atoms with Crippen LogP contribution in [-0.4, -0.2) is 23.9 Å². The summed E-state index contributed by atoms with van der Waals surface area (Å²) in [6.45, 7) is 0. The third kappa shape index (κ3) is 3.50. The van der Waals surface area contributed by atoms with Crippen molar-refractivity contribution >= 4 is 39.9 Å². The minimum Gasteiger partial charge on any atom is -0.503 e. The highest BCUT2D eigenvalue weighted by atomic mass is 35.5. The molecule has 1 aliphatic rings. The van der Waals surface area contributed by atoms with Crippen molar-refractivity contribution < 1.29 is 28.2 Å². The van der Waals surface area contributed by atoms with Crippen LogP contribution in [0.5, 0.6) is 5.75 Å². The van der Waals surface area contributed by atoms with Crippen molar-refractivity contribution in [2.75, 3.05) is 12.0 Å². The van der Waals surface area contributed by atoms with Crippen LogP contribution in [0, 0.1) is 5.82 Å². The van der Waals surface area contributed by atoms with Crippen LogP contribution in [-0.2, 0) is 4.79 Å². The number of carbonyl (C=O) groups is 2. The number of Topliss-reactive ketones (excluding diaryl/α,β-unsaturated/α-hetero) is 1. The molecule has 2 heterocycles. The first-order chi connectivity index (χ1) is 16.4. The smallest absolute Gasteiger partial charge is 0.294 e. The lowest BCUT2D eigenvalue weighted by Gasteiger charge is -2.27. The zero-order valence-corrected chi connectivity index (χ0v) is 18.5. The molecule has 0 spiro atoms. The van der Waals surface area contributed by atoms with Crippen molar-refractivity contribution in [2.24, 2.45) is 0 Å². The first kappa shape index (κ1) is 21.7. The Balaban J connectivity index is 1.68. The maximum Gasteiger partial charge on any atom is 0.294 e. The van der Waals surface area contributed by atoms with Crippen LogP contribution in [0.25, 0.3) is 11.0 Å². The Bertz CT molecular complexity index is 1460. The number of rotatable bonds is 5. The Morgan fingerprint density at radius 2 is 1.88 bits per heavy atom. The summed E-state index contributed by atoms with van der Waals surface area (Å²) in [5.74, 6) is -2.39. The number of nitrogens with zero attached hydrogens (tertiary/aromatic N) is 1. The average Bonchev–Trinajstić information content (AvgIpc) is 3.40. The minimum absolute atomic E-state index is 0.0255. The fourth-order valence-corrected chi connectivity index (χ4v) is 4.27. The normalized spacial score (nSPS) is 15.9. The molecule has 1 aromatic heterocycles. The molecule has 5 rings (SSSR count). The van der Waals surface area contributed by atoms with Gasteiger partial charge < -0.3 is 14.3 Å². The summed E-state index contributed by atoms with van der Waals surface area (Å²) in [5.41, 5.74) is 1.04. The monoisotopic (exact) mass is 477 g/mol. The van der Waals surface area contributed by atoms with Crippen LogP contribution in [0.4, 0.5) is 10.1 Å². The van der Waals surface area contributed by atoms with Gasteiger partial charge in [-0.3, -0.25) is 14.5 Å². The van der Waals surface area contributed by atoms with Gasteiger partial charge in [0.25, 0.3) is 5.91 Å². The van der Waals surface area contributed by atoms with Gasteiger partial charge in [0.1, 0.15) is 17.1 Å². The second kappa shape index (κ2) is 8.35. The van der Waals surface area contributed by atoms with E-state index in [1.165, 1.54) is 24.1 Å². The molecule has 0 aliphatic carbocycles. The minimum atomic E-state index is -1.04. The zero-order chi connectivity index (χ0) is 24.0. The molecule has 1 N–H and O–H groups in total. The Morgan fingerprint density at radius 3 is 2.62 bits per heavy atom. The number of furan rings is 1. The number of halogens is 2. The third-order valence-corrected chi connectivity index (χ3v) is 5.98. The Hall–Kier alpha value is -4.10. The van der Waals surface area contributed by atoms with Crippen molar-refractivity contribution in [3.63, 3.8) is 0 Å². The van der Waals surface area contributed by atoms with Gasteiger partial charge in [-0.2, -0.15) is 0 Å². The number of ketones is 1. The van der Waals surface area contributed by atoms with Gasteiger partial charge in [-0.25, -0.2) is 4.39 Å². The quantitative estimate of drug-likeness (QED) is 0.356. The zero-order valence-electron chi connectivity index (χ0n) is 17.8. The van der Waals surface area contributed by atoms with E-state index in [0.717, 1.165) is 6.07 Å². The molecule has 0 saturated heterocycles. The van der Waals surface area contributed by atoms with Crippen LogP contribution < -0.4 is 9.64 Å². The molecule has 6 nitrogen and oxygen atoms in total. The second-order valence-electron chi connectivity index (χ2n) is 7.69. The lowest BCUT2D eigenvalue weighted by atomic mass is 9.94. The van der Waals surface area contributed by atoms with Crippen molar-refractivity contribution in [1.82, 2.24) is 0 Å². The molecule has 0 radical (unpaired) electrons. The number of aliphatic hydroxyl groups is 1. The van der Waals surface area contributed by atoms with E-state index in [1.54, 1.807) is 54.6 Å². The second-order valence-corrected chi connectivity index (χ2v) is 8.10. The predicted molar refractivity (Wildman–Crippen MR) is 125 cm³/mol. The number of hydrogen-bond acceptors (Lipinski definition) is 5. The fraction of sp³-hybridized carbons (Fsp3) is 0.0769. The van der Waals surface area contributed by atoms with E-state index < -0.39 is 29.3 Å². The molecule has 3 aromatic carbocycles. The Morgan fingerprint density at radius 1 is 1.09 bits per heavy atom. The topological polar surface area (TPSA) is 80.0 Å². The standard InChI is InChI=1S/C26H17ClFNO5/c1-33-17-7-4-6-15(11-17)23-22(24(30)21-12-14-5-2-3-8-20(14)34-21)25(31)26(32)29(23)16-9-10-19(28)18(27)13-16/h2-13,23,31H,1H3. The van der Waals surface area contributed by atoms with Crippen LogP contribution in [0.1, 0.15) is 22.2 Å². The lowest BCUT2D eigenvalue weighted by molar-refractivity contribution is -0.117. The highest BCUT2D eigenvalue weighted by Gasteiger charge is 2.45. The molecule has 170 valence electrons. The fourth-order valence-electron chi connectivity index (χ4n) is 4.09. The van der Waals surface area contributed by atoms with Gasteiger partial charge in [0.2, 0.25) is 5.78 Å². The largest absolute Gasteiger partial charge is 0.503 e. The number of aliphatic hydroxyl groups excluding tert-OH is 1. The van der Waals surface area contributed by atoms with Crippen LogP contribution >= 0.6 is 11.6 Å². The van der Waals surface area contributed by atoms with Crippen molar-refractivity contribution in [2.45, 2.75) is 6.04 Å². The SMILES string of the molecule is COc1cccc(C2C(C(=O)c3cc4ccccc4o3)=C(O)C(=O)N2c2ccc(F)c(Cl)c2)c1. The van der Waals surface area contributed by atoms with E-state index in [-0.39, 0.29) is 22.0 Å². The summed E-state index contributed by atoms with van der Waals surface area (Å²) >= 11 is 5.97. The summed E-state index contributed by atoms with van der Waals surface area (Å²) < 4.78 is 24.8. The molecular weight excluding hydrogens is 461 g/mol. The van der Waals surface area contributed by atoms with Gasteiger partial charge in [-0.1, -0.05) is 41.9 Å². The van der Waals surface area contributed by atoms with Gasteiger partial charge in [0, 0.05) is 11.1 Å². The first-order valence-corrected chi connectivity index (χ1v) is 10.7. The van der Waals surface area contributed by atoms with E-state index in [9.17, 15) is 19.1 Å². The molecule has 0 bridgehead atoms. The number of fused-ring (bicyclic) bond motifs is 1. The molecule has 1 atom stereocenters. The number of carbonyl (C=O) groups excluding carboxylic acids is 2. The summed E-state index contributed by atoms with van der Waals surface area (Å²) in [5, 5.41) is 11.4. The molecule has 8 heteroatoms. The molecule has 34 heavy (non-hydrogen) atoms. The van der Waals surface area contributed by atoms with Crippen molar-refractivity contribution in [1.29, 1.82) is 0 Å². The summed E-state index contributed by atoms with van der Waals surface area (Å²) in [7, 11) is 1.49. The van der Waals surface area contributed by atoms with E-state index in [2.05, 4.69) is 0 Å². The van der Waals surface area contributed by atoms with Crippen molar-refractivity contribution in [3.05, 3.63) is 106 Å². The van der Waals surface area contributed by atoms with E-state index >= 15 is 0 Å². The molecule has 1 amide bonds. The maximum absolute atomic E-state index is 13.8. The molecule has 1 aliphatic heterocycles. The van der Waals surface area contributed by atoms with E-state index in [0.29, 0.717) is 22.3 Å². The number of hydrogen-bond donors (Lipinski definition) is 1. The van der Waals surface area contributed by atoms with Gasteiger partial charge in [0.05, 0.1) is 23.7 Å². The maximum atomic E-state index is 13.8. The molecule has 1 unspecified atom stereocenters. The molecule has 0 saturated carbocycles. The van der Waals surface area contributed by atoms with Gasteiger partial charge in [-0.05, 0) is 48.0 Å². The molecular formula is C26H17ClFNO5. The number of methoxy groups -OCH3 is 1. The van der Waals surface area contributed by atoms with Gasteiger partial charge >= 0.3 is 0 Å². The van der Waals surface area contributed by atoms with Gasteiger partial charge in [-0.15, -0.1) is 0 Å². The Labute approximate surface area is 198 Å². The summed E-state index contributed by atoms with van der Waals surface area (Å²) in [6, 6.07) is 18.1. The lowest BCUT2D eigenvalue weighted by Crippen LogP contribution is -2.31. The summed E-state index contributed by atoms with van der Waals surface area (Å²) in [6.07, 6.45) is 0. The predicted octanol–water partition coefficient (Wildman–Crippen LogP) is 6.02. The van der Waals surface area contributed by atoms with Crippen LogP contribution in [0.15, 0.2) is 88.5 Å². The number of amides is 1. The third-order valence-electron chi connectivity index (χ3n) is 5.69.